The van der Waals surface area contributed by atoms with Gasteiger partial charge in [-0.3, -0.25) is 4.79 Å². The highest BCUT2D eigenvalue weighted by Crippen LogP contribution is 2.21. The molecule has 0 atom stereocenters. The van der Waals surface area contributed by atoms with Crippen LogP contribution in [-0.2, 0) is 17.8 Å². The fourth-order valence-electron chi connectivity index (χ4n) is 2.34. The van der Waals surface area contributed by atoms with Crippen molar-refractivity contribution in [3.05, 3.63) is 17.7 Å². The van der Waals surface area contributed by atoms with Gasteiger partial charge in [0.1, 0.15) is 0 Å². The monoisotopic (exact) mass is 235 g/mol. The normalized spacial score (nSPS) is 15.2. The molecule has 1 aliphatic heterocycles. The van der Waals surface area contributed by atoms with E-state index >= 15 is 0 Å². The second-order valence-electron chi connectivity index (χ2n) is 4.95. The molecule has 0 radical (unpaired) electrons. The maximum Gasteiger partial charge on any atom is 0.222 e. The third-order valence-corrected chi connectivity index (χ3v) is 3.31. The van der Waals surface area contributed by atoms with Crippen molar-refractivity contribution in [2.24, 2.45) is 0 Å². The molecule has 0 N–H and O–H groups in total. The molecular formula is C13H21N3O. The number of fused-ring (bicyclic) bond motifs is 1. The number of carbonyl (C=O) groups is 1. The number of nitrogens with zero attached hydrogens (tertiary/aromatic N) is 3. The number of hydrogen-bond acceptors (Lipinski definition) is 2. The van der Waals surface area contributed by atoms with Crippen molar-refractivity contribution in [3.8, 4) is 0 Å². The van der Waals surface area contributed by atoms with Gasteiger partial charge in [-0.15, -0.1) is 0 Å². The molecule has 94 valence electrons. The molecule has 1 aliphatic rings. The Labute approximate surface area is 103 Å². The Bertz CT molecular complexity index is 409. The van der Waals surface area contributed by atoms with Crippen molar-refractivity contribution < 1.29 is 4.79 Å². The van der Waals surface area contributed by atoms with E-state index < -0.39 is 0 Å². The first-order valence-electron chi connectivity index (χ1n) is 6.45. The average Bonchev–Trinajstić information content (AvgIpc) is 2.71. The highest BCUT2D eigenvalue weighted by molar-refractivity contribution is 5.76. The molecular weight excluding hydrogens is 214 g/mol. The van der Waals surface area contributed by atoms with E-state index in [1.807, 2.05) is 18.2 Å². The maximum absolute atomic E-state index is 11.9. The summed E-state index contributed by atoms with van der Waals surface area (Å²) in [7, 11) is 0. The number of aromatic nitrogens is 2. The third-order valence-electron chi connectivity index (χ3n) is 3.31. The number of imidazole rings is 1. The van der Waals surface area contributed by atoms with Crippen molar-refractivity contribution >= 4 is 5.91 Å². The summed E-state index contributed by atoms with van der Waals surface area (Å²) in [5, 5.41) is 0. The van der Waals surface area contributed by atoms with E-state index in [1.54, 1.807) is 0 Å². The van der Waals surface area contributed by atoms with Gasteiger partial charge in [0.2, 0.25) is 5.91 Å². The predicted molar refractivity (Wildman–Crippen MR) is 66.6 cm³/mol. The van der Waals surface area contributed by atoms with Crippen LogP contribution < -0.4 is 0 Å². The summed E-state index contributed by atoms with van der Waals surface area (Å²) in [6.45, 7) is 7.89. The van der Waals surface area contributed by atoms with E-state index in [4.69, 9.17) is 0 Å². The molecule has 0 unspecified atom stereocenters. The van der Waals surface area contributed by atoms with Gasteiger partial charge in [0.25, 0.3) is 0 Å². The molecule has 2 rings (SSSR count). The SMILES string of the molecule is CCCC(=O)N1CCc2ncn(C(C)C)c2C1. The van der Waals surface area contributed by atoms with Crippen molar-refractivity contribution in [3.63, 3.8) is 0 Å². The number of amides is 1. The van der Waals surface area contributed by atoms with Gasteiger partial charge in [-0.05, 0) is 20.3 Å². The van der Waals surface area contributed by atoms with E-state index in [-0.39, 0.29) is 5.91 Å². The molecule has 0 aliphatic carbocycles. The number of carbonyl (C=O) groups excluding carboxylic acids is 1. The second-order valence-corrected chi connectivity index (χ2v) is 4.95. The summed E-state index contributed by atoms with van der Waals surface area (Å²) in [5.41, 5.74) is 2.38. The summed E-state index contributed by atoms with van der Waals surface area (Å²) in [4.78, 5) is 18.3. The van der Waals surface area contributed by atoms with E-state index in [1.165, 1.54) is 11.4 Å². The molecule has 0 bridgehead atoms. The summed E-state index contributed by atoms with van der Waals surface area (Å²) in [5.74, 6) is 0.273. The summed E-state index contributed by atoms with van der Waals surface area (Å²) in [6.07, 6.45) is 4.38. The summed E-state index contributed by atoms with van der Waals surface area (Å²) >= 11 is 0. The molecule has 1 aromatic rings. The molecule has 17 heavy (non-hydrogen) atoms. The minimum atomic E-state index is 0.273. The molecule has 0 fully saturated rings. The molecule has 0 saturated heterocycles. The van der Waals surface area contributed by atoms with Crippen molar-refractivity contribution in [1.29, 1.82) is 0 Å². The van der Waals surface area contributed by atoms with Gasteiger partial charge in [0.05, 0.1) is 24.3 Å². The molecule has 0 saturated carbocycles. The Hall–Kier alpha value is -1.32. The van der Waals surface area contributed by atoms with Gasteiger partial charge in [-0.25, -0.2) is 4.98 Å². The first kappa shape index (κ1) is 12.1. The quantitative estimate of drug-likeness (QED) is 0.805. The van der Waals surface area contributed by atoms with Crippen LogP contribution in [0.2, 0.25) is 0 Å². The number of rotatable bonds is 3. The van der Waals surface area contributed by atoms with E-state index in [0.717, 1.165) is 25.9 Å². The lowest BCUT2D eigenvalue weighted by Crippen LogP contribution is -2.36. The zero-order valence-corrected chi connectivity index (χ0v) is 10.9. The van der Waals surface area contributed by atoms with Gasteiger partial charge < -0.3 is 9.47 Å². The van der Waals surface area contributed by atoms with Crippen LogP contribution in [0.4, 0.5) is 0 Å². The van der Waals surface area contributed by atoms with Gasteiger partial charge in [0.15, 0.2) is 0 Å². The van der Waals surface area contributed by atoms with Gasteiger partial charge in [-0.2, -0.15) is 0 Å². The lowest BCUT2D eigenvalue weighted by atomic mass is 10.1. The van der Waals surface area contributed by atoms with Crippen molar-refractivity contribution in [2.75, 3.05) is 6.54 Å². The zero-order valence-electron chi connectivity index (χ0n) is 10.9. The Kier molecular flexibility index (Phi) is 3.50. The van der Waals surface area contributed by atoms with E-state index in [2.05, 4.69) is 23.4 Å². The summed E-state index contributed by atoms with van der Waals surface area (Å²) < 4.78 is 2.18. The van der Waals surface area contributed by atoms with Crippen molar-refractivity contribution in [2.45, 2.75) is 52.6 Å². The fraction of sp³-hybridized carbons (Fsp3) is 0.692. The molecule has 4 heteroatoms. The lowest BCUT2D eigenvalue weighted by Gasteiger charge is -2.28. The Balaban J connectivity index is 2.16. The molecule has 1 aromatic heterocycles. The zero-order chi connectivity index (χ0) is 12.4. The minimum Gasteiger partial charge on any atom is -0.336 e. The maximum atomic E-state index is 11.9. The van der Waals surface area contributed by atoms with E-state index in [9.17, 15) is 4.79 Å². The highest BCUT2D eigenvalue weighted by Gasteiger charge is 2.24. The summed E-state index contributed by atoms with van der Waals surface area (Å²) in [6, 6.07) is 0.410. The predicted octanol–water partition coefficient (Wildman–Crippen LogP) is 2.15. The van der Waals surface area contributed by atoms with Crippen LogP contribution in [0, 0.1) is 0 Å². The van der Waals surface area contributed by atoms with Crippen LogP contribution in [0.25, 0.3) is 0 Å². The van der Waals surface area contributed by atoms with Gasteiger partial charge in [-0.1, -0.05) is 6.92 Å². The Morgan fingerprint density at radius 3 is 2.94 bits per heavy atom. The Morgan fingerprint density at radius 1 is 1.53 bits per heavy atom. The van der Waals surface area contributed by atoms with Gasteiger partial charge in [0, 0.05) is 25.4 Å². The van der Waals surface area contributed by atoms with Crippen LogP contribution in [0.1, 0.15) is 51.0 Å². The third kappa shape index (κ3) is 2.35. The minimum absolute atomic E-state index is 0.273. The van der Waals surface area contributed by atoms with Crippen LogP contribution in [0.15, 0.2) is 6.33 Å². The molecule has 1 amide bonds. The van der Waals surface area contributed by atoms with Gasteiger partial charge >= 0.3 is 0 Å². The lowest BCUT2D eigenvalue weighted by molar-refractivity contribution is -0.132. The highest BCUT2D eigenvalue weighted by atomic mass is 16.2. The van der Waals surface area contributed by atoms with Crippen LogP contribution in [0.3, 0.4) is 0 Å². The molecule has 0 spiro atoms. The van der Waals surface area contributed by atoms with E-state index in [0.29, 0.717) is 12.5 Å². The molecule has 4 nitrogen and oxygen atoms in total. The first-order valence-corrected chi connectivity index (χ1v) is 6.45. The largest absolute Gasteiger partial charge is 0.336 e. The molecule has 0 aromatic carbocycles. The Morgan fingerprint density at radius 2 is 2.29 bits per heavy atom. The van der Waals surface area contributed by atoms with Crippen molar-refractivity contribution in [1.82, 2.24) is 14.5 Å². The van der Waals surface area contributed by atoms with Crippen LogP contribution in [-0.4, -0.2) is 26.9 Å². The standard InChI is InChI=1S/C13H21N3O/c1-4-5-13(17)15-7-6-11-12(8-15)16(9-14-11)10(2)3/h9-10H,4-8H2,1-3H3. The molecule has 2 heterocycles. The fourth-order valence-corrected chi connectivity index (χ4v) is 2.34. The van der Waals surface area contributed by atoms with Crippen LogP contribution >= 0.6 is 0 Å². The smallest absolute Gasteiger partial charge is 0.222 e. The topological polar surface area (TPSA) is 38.1 Å². The first-order chi connectivity index (χ1) is 8.13. The second kappa shape index (κ2) is 4.90. The average molecular weight is 235 g/mol. The van der Waals surface area contributed by atoms with Crippen LogP contribution in [0.5, 0.6) is 0 Å². The number of hydrogen-bond donors (Lipinski definition) is 0.